The van der Waals surface area contributed by atoms with Gasteiger partial charge in [-0.3, -0.25) is 0 Å². The second-order valence-corrected chi connectivity index (χ2v) is 5.83. The third-order valence-electron chi connectivity index (χ3n) is 2.60. The minimum Gasteiger partial charge on any atom is -0.329 e. The lowest BCUT2D eigenvalue weighted by molar-refractivity contribution is 0.687. The van der Waals surface area contributed by atoms with Gasteiger partial charge in [-0.25, -0.2) is 4.98 Å². The van der Waals surface area contributed by atoms with E-state index in [0.717, 1.165) is 35.8 Å². The Bertz CT molecular complexity index is 542. The number of aromatic nitrogens is 1. The smallest absolute Gasteiger partial charge is 0.0945 e. The van der Waals surface area contributed by atoms with Crippen LogP contribution in [0.15, 0.2) is 23.6 Å². The first kappa shape index (κ1) is 14.8. The highest BCUT2D eigenvalue weighted by atomic mass is 35.5. The van der Waals surface area contributed by atoms with E-state index in [9.17, 15) is 0 Å². The van der Waals surface area contributed by atoms with Gasteiger partial charge in [0.05, 0.1) is 15.7 Å². The van der Waals surface area contributed by atoms with Crippen LogP contribution in [-0.4, -0.2) is 24.6 Å². The lowest BCUT2D eigenvalue weighted by atomic mass is 10.2. The number of rotatable bonds is 6. The fourth-order valence-electron chi connectivity index (χ4n) is 1.67. The number of benzene rings is 1. The first-order chi connectivity index (χ1) is 9.20. The molecule has 0 unspecified atom stereocenters. The van der Waals surface area contributed by atoms with Crippen molar-refractivity contribution in [2.24, 2.45) is 5.73 Å². The molecule has 1 aromatic carbocycles. The average Bonchev–Trinajstić information content (AvgIpc) is 2.83. The third kappa shape index (κ3) is 4.16. The van der Waals surface area contributed by atoms with Crippen molar-refractivity contribution in [2.45, 2.75) is 6.42 Å². The van der Waals surface area contributed by atoms with Gasteiger partial charge in [0.25, 0.3) is 0 Å². The molecule has 0 saturated heterocycles. The summed E-state index contributed by atoms with van der Waals surface area (Å²) in [7, 11) is 0. The number of nitrogens with two attached hydrogens (primary N) is 1. The van der Waals surface area contributed by atoms with Gasteiger partial charge in [-0.2, -0.15) is 0 Å². The maximum absolute atomic E-state index is 6.17. The number of hydrogen-bond donors (Lipinski definition) is 2. The molecule has 0 aliphatic rings. The minimum absolute atomic E-state index is 0.630. The third-order valence-corrected chi connectivity index (χ3v) is 4.05. The Balaban J connectivity index is 2.04. The second kappa shape index (κ2) is 7.22. The van der Waals surface area contributed by atoms with E-state index in [1.54, 1.807) is 17.4 Å². The summed E-state index contributed by atoms with van der Waals surface area (Å²) >= 11 is 13.7. The molecule has 6 heteroatoms. The zero-order valence-corrected chi connectivity index (χ0v) is 12.7. The highest BCUT2D eigenvalue weighted by molar-refractivity contribution is 7.09. The lowest BCUT2D eigenvalue weighted by Gasteiger charge is -2.01. The summed E-state index contributed by atoms with van der Waals surface area (Å²) in [5, 5.41) is 7.62. The molecule has 0 aliphatic carbocycles. The van der Waals surface area contributed by atoms with E-state index in [0.29, 0.717) is 16.6 Å². The van der Waals surface area contributed by atoms with E-state index in [1.807, 2.05) is 17.5 Å². The van der Waals surface area contributed by atoms with Gasteiger partial charge in [-0.15, -0.1) is 11.3 Å². The molecule has 2 aromatic rings. The molecule has 102 valence electrons. The molecule has 3 N–H and O–H groups in total. The summed E-state index contributed by atoms with van der Waals surface area (Å²) in [5.74, 6) is 0. The molecule has 0 bridgehead atoms. The van der Waals surface area contributed by atoms with Crippen molar-refractivity contribution >= 4 is 34.5 Å². The number of thiazole rings is 1. The van der Waals surface area contributed by atoms with Crippen molar-refractivity contribution in [2.75, 3.05) is 19.6 Å². The van der Waals surface area contributed by atoms with Crippen LogP contribution in [0, 0.1) is 0 Å². The second-order valence-electron chi connectivity index (χ2n) is 4.04. The highest BCUT2D eigenvalue weighted by Crippen LogP contribution is 2.31. The predicted octanol–water partition coefficient (Wildman–Crippen LogP) is 3.21. The van der Waals surface area contributed by atoms with Gasteiger partial charge < -0.3 is 11.1 Å². The van der Waals surface area contributed by atoms with Gasteiger partial charge in [0.2, 0.25) is 0 Å². The van der Waals surface area contributed by atoms with Crippen LogP contribution in [0.5, 0.6) is 0 Å². The summed E-state index contributed by atoms with van der Waals surface area (Å²) < 4.78 is 0. The maximum Gasteiger partial charge on any atom is 0.0945 e. The molecular weight excluding hydrogens is 301 g/mol. The fourth-order valence-corrected chi connectivity index (χ4v) is 2.97. The molecule has 0 radical (unpaired) electrons. The van der Waals surface area contributed by atoms with E-state index in [4.69, 9.17) is 28.9 Å². The standard InChI is InChI=1S/C13H15Cl2N3S/c14-9-1-2-10(11(15)7-9)12-8-19-13(18-12)3-5-17-6-4-16/h1-2,7-8,17H,3-6,16H2. The molecule has 1 heterocycles. The predicted molar refractivity (Wildman–Crippen MR) is 83.2 cm³/mol. The van der Waals surface area contributed by atoms with Crippen molar-refractivity contribution in [3.8, 4) is 11.3 Å². The van der Waals surface area contributed by atoms with E-state index in [1.165, 1.54) is 0 Å². The van der Waals surface area contributed by atoms with E-state index in [2.05, 4.69) is 10.3 Å². The van der Waals surface area contributed by atoms with Gasteiger partial charge in [0.1, 0.15) is 0 Å². The summed E-state index contributed by atoms with van der Waals surface area (Å²) in [6, 6.07) is 5.46. The lowest BCUT2D eigenvalue weighted by Crippen LogP contribution is -2.24. The number of nitrogens with one attached hydrogen (secondary N) is 1. The quantitative estimate of drug-likeness (QED) is 0.805. The van der Waals surface area contributed by atoms with Crippen LogP contribution in [0.4, 0.5) is 0 Å². The average molecular weight is 316 g/mol. The summed E-state index contributed by atoms with van der Waals surface area (Å²) in [6.07, 6.45) is 0.899. The van der Waals surface area contributed by atoms with Crippen LogP contribution in [0.3, 0.4) is 0 Å². The van der Waals surface area contributed by atoms with Gasteiger partial charge in [-0.05, 0) is 18.2 Å². The first-order valence-corrected chi connectivity index (χ1v) is 7.65. The Morgan fingerprint density at radius 3 is 2.84 bits per heavy atom. The van der Waals surface area contributed by atoms with E-state index in [-0.39, 0.29) is 0 Å². The number of halogens is 2. The van der Waals surface area contributed by atoms with Crippen LogP contribution >= 0.6 is 34.5 Å². The van der Waals surface area contributed by atoms with Crippen molar-refractivity contribution in [3.63, 3.8) is 0 Å². The number of nitrogens with zero attached hydrogens (tertiary/aromatic N) is 1. The zero-order chi connectivity index (χ0) is 13.7. The van der Waals surface area contributed by atoms with Crippen LogP contribution in [0.25, 0.3) is 11.3 Å². The zero-order valence-electron chi connectivity index (χ0n) is 10.3. The molecule has 1 aromatic heterocycles. The van der Waals surface area contributed by atoms with Crippen molar-refractivity contribution in [1.82, 2.24) is 10.3 Å². The fraction of sp³-hybridized carbons (Fsp3) is 0.308. The van der Waals surface area contributed by atoms with Gasteiger partial charge >= 0.3 is 0 Å². The Labute approximate surface area is 126 Å². The Kier molecular flexibility index (Phi) is 5.60. The topological polar surface area (TPSA) is 50.9 Å². The van der Waals surface area contributed by atoms with Crippen LogP contribution < -0.4 is 11.1 Å². The largest absolute Gasteiger partial charge is 0.329 e. The summed E-state index contributed by atoms with van der Waals surface area (Å²) in [6.45, 7) is 2.38. The monoisotopic (exact) mass is 315 g/mol. The van der Waals surface area contributed by atoms with Crippen molar-refractivity contribution in [3.05, 3.63) is 38.6 Å². The molecule has 0 saturated carbocycles. The van der Waals surface area contributed by atoms with Crippen LogP contribution in [-0.2, 0) is 6.42 Å². The molecule has 0 spiro atoms. The highest BCUT2D eigenvalue weighted by Gasteiger charge is 2.08. The number of hydrogen-bond acceptors (Lipinski definition) is 4. The Morgan fingerprint density at radius 1 is 1.26 bits per heavy atom. The molecule has 0 atom stereocenters. The molecule has 0 amide bonds. The van der Waals surface area contributed by atoms with Gasteiger partial charge in [0.15, 0.2) is 0 Å². The van der Waals surface area contributed by atoms with Gasteiger partial charge in [0, 0.05) is 42.0 Å². The first-order valence-electron chi connectivity index (χ1n) is 6.01. The summed E-state index contributed by atoms with van der Waals surface area (Å²) in [5.41, 5.74) is 7.24. The maximum atomic E-state index is 6.17. The van der Waals surface area contributed by atoms with Crippen molar-refractivity contribution < 1.29 is 0 Å². The Hall–Kier alpha value is -0.650. The Morgan fingerprint density at radius 2 is 2.11 bits per heavy atom. The van der Waals surface area contributed by atoms with E-state index >= 15 is 0 Å². The van der Waals surface area contributed by atoms with Crippen LogP contribution in [0.2, 0.25) is 10.0 Å². The molecule has 19 heavy (non-hydrogen) atoms. The molecule has 0 fully saturated rings. The van der Waals surface area contributed by atoms with Crippen molar-refractivity contribution in [1.29, 1.82) is 0 Å². The molecule has 2 rings (SSSR count). The van der Waals surface area contributed by atoms with Crippen LogP contribution in [0.1, 0.15) is 5.01 Å². The van der Waals surface area contributed by atoms with Gasteiger partial charge in [-0.1, -0.05) is 23.2 Å². The van der Waals surface area contributed by atoms with E-state index < -0.39 is 0 Å². The molecule has 3 nitrogen and oxygen atoms in total. The summed E-state index contributed by atoms with van der Waals surface area (Å²) in [4.78, 5) is 4.59. The molecule has 0 aliphatic heterocycles. The normalized spacial score (nSPS) is 10.9. The minimum atomic E-state index is 0.630. The SMILES string of the molecule is NCCNCCc1nc(-c2ccc(Cl)cc2Cl)cs1. The molecular formula is C13H15Cl2N3S.